The Morgan fingerprint density at radius 1 is 1.78 bits per heavy atom. The van der Waals surface area contributed by atoms with E-state index in [1.807, 2.05) is 0 Å². The minimum absolute atomic E-state index is 0.538. The van der Waals surface area contributed by atoms with Gasteiger partial charge in [-0.2, -0.15) is 0 Å². The summed E-state index contributed by atoms with van der Waals surface area (Å²) in [7, 11) is -0.566. The first-order chi connectivity index (χ1) is 4.33. The molecule has 2 atom stereocenters. The Hall–Kier alpha value is 0.110. The van der Waals surface area contributed by atoms with Crippen molar-refractivity contribution < 1.29 is 4.21 Å². The maximum absolute atomic E-state index is 10.8. The molecule has 0 aliphatic carbocycles. The van der Waals surface area contributed by atoms with Crippen molar-refractivity contribution >= 4 is 10.8 Å². The molecule has 0 spiro atoms. The van der Waals surface area contributed by atoms with Crippen LogP contribution in [0, 0.1) is 0 Å². The van der Waals surface area contributed by atoms with E-state index in [9.17, 15) is 4.21 Å². The molecule has 1 saturated heterocycles. The van der Waals surface area contributed by atoms with E-state index in [0.717, 1.165) is 5.75 Å². The van der Waals surface area contributed by atoms with Gasteiger partial charge in [0.05, 0.1) is 5.88 Å². The Balaban J connectivity index is 2.22. The summed E-state index contributed by atoms with van der Waals surface area (Å²) < 4.78 is 10.8. The molecule has 54 valence electrons. The van der Waals surface area contributed by atoms with Gasteiger partial charge in [-0.25, -0.2) is 0 Å². The van der Waals surface area contributed by atoms with Crippen LogP contribution in [0.3, 0.4) is 0 Å². The van der Waals surface area contributed by atoms with E-state index < -0.39 is 10.8 Å². The third-order valence-electron chi connectivity index (χ3n) is 1.56. The molecule has 0 radical (unpaired) electrons. The molecule has 1 N–H and O–H groups in total. The predicted molar refractivity (Wildman–Crippen MR) is 39.7 cm³/mol. The zero-order valence-electron chi connectivity index (χ0n) is 5.72. The maximum atomic E-state index is 10.8. The molecule has 3 heteroatoms. The van der Waals surface area contributed by atoms with Crippen LogP contribution in [0.15, 0.2) is 0 Å². The molecule has 9 heavy (non-hydrogen) atoms. The van der Waals surface area contributed by atoms with Crippen molar-refractivity contribution in [1.82, 2.24) is 5.32 Å². The molecule has 0 saturated carbocycles. The summed E-state index contributed by atoms with van der Waals surface area (Å²) in [4.78, 5) is 0. The number of hydrogen-bond acceptors (Lipinski definition) is 2. The quantitative estimate of drug-likeness (QED) is 0.615. The fraction of sp³-hybridized carbons (Fsp3) is 1.00. The topological polar surface area (TPSA) is 29.1 Å². The number of rotatable bonds is 2. The van der Waals surface area contributed by atoms with E-state index in [1.165, 1.54) is 12.8 Å². The van der Waals surface area contributed by atoms with Gasteiger partial charge in [-0.1, -0.05) is 13.3 Å². The van der Waals surface area contributed by atoms with Crippen LogP contribution in [0.5, 0.6) is 0 Å². The summed E-state index contributed by atoms with van der Waals surface area (Å²) in [5.41, 5.74) is 0. The van der Waals surface area contributed by atoms with Gasteiger partial charge in [0.25, 0.3) is 0 Å². The lowest BCUT2D eigenvalue weighted by atomic mass is 10.2. The van der Waals surface area contributed by atoms with Crippen LogP contribution in [0.1, 0.15) is 19.8 Å². The van der Waals surface area contributed by atoms with Gasteiger partial charge in [0.15, 0.2) is 0 Å². The van der Waals surface area contributed by atoms with Gasteiger partial charge in [-0.05, 0) is 6.42 Å². The zero-order chi connectivity index (χ0) is 6.69. The van der Waals surface area contributed by atoms with Gasteiger partial charge in [0.1, 0.15) is 0 Å². The molecule has 2 nitrogen and oxygen atoms in total. The fourth-order valence-electron chi connectivity index (χ4n) is 1.09. The molecular weight excluding hydrogens is 134 g/mol. The van der Waals surface area contributed by atoms with Crippen LogP contribution in [-0.2, 0) is 10.8 Å². The molecule has 0 aromatic carbocycles. The third-order valence-corrected chi connectivity index (χ3v) is 2.82. The van der Waals surface area contributed by atoms with Crippen LogP contribution in [0.25, 0.3) is 0 Å². The lowest BCUT2D eigenvalue weighted by molar-refractivity contribution is 0.575. The van der Waals surface area contributed by atoms with Gasteiger partial charge < -0.3 is 5.32 Å². The van der Waals surface area contributed by atoms with E-state index in [2.05, 4.69) is 12.2 Å². The summed E-state index contributed by atoms with van der Waals surface area (Å²) in [5.74, 6) is 1.58. The molecule has 1 heterocycles. The van der Waals surface area contributed by atoms with Crippen LogP contribution in [0.2, 0.25) is 0 Å². The second-order valence-corrected chi connectivity index (χ2v) is 3.94. The highest BCUT2D eigenvalue weighted by atomic mass is 32.2. The van der Waals surface area contributed by atoms with Crippen molar-refractivity contribution in [3.05, 3.63) is 0 Å². The predicted octanol–water partition coefficient (Wildman–Crippen LogP) is 0.465. The Bertz CT molecular complexity index is 116. The molecule has 1 aliphatic heterocycles. The Labute approximate surface area is 58.5 Å². The Morgan fingerprint density at radius 3 is 3.00 bits per heavy atom. The highest BCUT2D eigenvalue weighted by molar-refractivity contribution is 7.85. The summed E-state index contributed by atoms with van der Waals surface area (Å²) in [5, 5.41) is 3.21. The summed E-state index contributed by atoms with van der Waals surface area (Å²) in [6.07, 6.45) is 2.36. The second kappa shape index (κ2) is 3.32. The van der Waals surface area contributed by atoms with E-state index >= 15 is 0 Å². The molecule has 0 bridgehead atoms. The van der Waals surface area contributed by atoms with Crippen molar-refractivity contribution in [2.24, 2.45) is 0 Å². The summed E-state index contributed by atoms with van der Waals surface area (Å²) >= 11 is 0. The van der Waals surface area contributed by atoms with Crippen molar-refractivity contribution in [2.45, 2.75) is 25.8 Å². The van der Waals surface area contributed by atoms with E-state index in [-0.39, 0.29) is 0 Å². The first kappa shape index (κ1) is 7.22. The van der Waals surface area contributed by atoms with Gasteiger partial charge in [0.2, 0.25) is 0 Å². The van der Waals surface area contributed by atoms with Crippen LogP contribution >= 0.6 is 0 Å². The molecule has 2 unspecified atom stereocenters. The first-order valence-electron chi connectivity index (χ1n) is 3.41. The second-order valence-electron chi connectivity index (χ2n) is 2.44. The molecule has 0 aromatic heterocycles. The summed E-state index contributed by atoms with van der Waals surface area (Å²) in [6.45, 7) is 2.16. The number of nitrogens with one attached hydrogen (secondary N) is 1. The largest absolute Gasteiger partial charge is 0.302 e. The SMILES string of the molecule is CCCC1CS(=O)CN1. The highest BCUT2D eigenvalue weighted by Gasteiger charge is 2.18. The fourth-order valence-corrected chi connectivity index (χ4v) is 2.36. The highest BCUT2D eigenvalue weighted by Crippen LogP contribution is 2.04. The standard InChI is InChI=1S/C6H13NOS/c1-2-3-6-4-9(8)5-7-6/h6-7H,2-5H2,1H3. The Kier molecular flexibility index (Phi) is 2.66. The third kappa shape index (κ3) is 2.06. The minimum Gasteiger partial charge on any atom is -0.302 e. The van der Waals surface area contributed by atoms with E-state index in [4.69, 9.17) is 0 Å². The van der Waals surface area contributed by atoms with Crippen LogP contribution < -0.4 is 5.32 Å². The average molecular weight is 147 g/mol. The number of hydrogen-bond donors (Lipinski definition) is 1. The molecule has 1 aliphatic rings. The van der Waals surface area contributed by atoms with E-state index in [0.29, 0.717) is 11.9 Å². The molecule has 1 rings (SSSR count). The molecule has 0 aromatic rings. The smallest absolute Gasteiger partial charge is 0.0725 e. The lowest BCUT2D eigenvalue weighted by Crippen LogP contribution is -2.22. The van der Waals surface area contributed by atoms with Gasteiger partial charge >= 0.3 is 0 Å². The average Bonchev–Trinajstić information content (AvgIpc) is 2.17. The van der Waals surface area contributed by atoms with E-state index in [1.54, 1.807) is 0 Å². The Morgan fingerprint density at radius 2 is 2.56 bits per heavy atom. The van der Waals surface area contributed by atoms with Gasteiger partial charge in [-0.15, -0.1) is 0 Å². The van der Waals surface area contributed by atoms with Crippen molar-refractivity contribution in [2.75, 3.05) is 11.6 Å². The monoisotopic (exact) mass is 147 g/mol. The summed E-state index contributed by atoms with van der Waals surface area (Å²) in [6, 6.07) is 0.538. The van der Waals surface area contributed by atoms with Crippen LogP contribution in [-0.4, -0.2) is 21.9 Å². The van der Waals surface area contributed by atoms with Gasteiger partial charge in [0, 0.05) is 22.6 Å². The zero-order valence-corrected chi connectivity index (χ0v) is 6.54. The minimum atomic E-state index is -0.566. The van der Waals surface area contributed by atoms with Crippen LogP contribution in [0.4, 0.5) is 0 Å². The first-order valence-corrected chi connectivity index (χ1v) is 4.90. The van der Waals surface area contributed by atoms with Crippen molar-refractivity contribution in [3.63, 3.8) is 0 Å². The lowest BCUT2D eigenvalue weighted by Gasteiger charge is -2.03. The maximum Gasteiger partial charge on any atom is 0.0725 e. The molecule has 0 amide bonds. The molecular formula is C6H13NOS. The van der Waals surface area contributed by atoms with Gasteiger partial charge in [-0.3, -0.25) is 4.21 Å². The molecule has 1 fully saturated rings. The normalized spacial score (nSPS) is 35.2. The van der Waals surface area contributed by atoms with Crippen molar-refractivity contribution in [3.8, 4) is 0 Å². The van der Waals surface area contributed by atoms with Crippen molar-refractivity contribution in [1.29, 1.82) is 0 Å².